The van der Waals surface area contributed by atoms with Crippen molar-refractivity contribution in [3.05, 3.63) is 23.8 Å². The maximum Gasteiger partial charge on any atom is 0.313 e. The van der Waals surface area contributed by atoms with Crippen LogP contribution in [0.2, 0.25) is 0 Å². The third-order valence-electron chi connectivity index (χ3n) is 2.42. The second kappa shape index (κ2) is 5.52. The van der Waals surface area contributed by atoms with E-state index < -0.39 is 11.8 Å². The number of hydrogen-bond acceptors (Lipinski definition) is 2. The van der Waals surface area contributed by atoms with Gasteiger partial charge in [-0.2, -0.15) is 0 Å². The first-order chi connectivity index (χ1) is 7.95. The van der Waals surface area contributed by atoms with Crippen LogP contribution in [0.25, 0.3) is 0 Å². The highest BCUT2D eigenvalue weighted by atomic mass is 16.2. The monoisotopic (exact) mass is 230 g/mol. The summed E-state index contributed by atoms with van der Waals surface area (Å²) in [7, 11) is 7.20. The molecule has 0 aromatic heterocycles. The van der Waals surface area contributed by atoms with E-state index in [4.69, 9.17) is 7.85 Å². The molecular formula is C12H15BN2O2. The highest BCUT2D eigenvalue weighted by Gasteiger charge is 2.12. The molecule has 17 heavy (non-hydrogen) atoms. The van der Waals surface area contributed by atoms with E-state index in [-0.39, 0.29) is 0 Å². The van der Waals surface area contributed by atoms with Crippen LogP contribution in [0, 0.1) is 0 Å². The third kappa shape index (κ3) is 3.34. The quantitative estimate of drug-likeness (QED) is 0.566. The van der Waals surface area contributed by atoms with Gasteiger partial charge in [-0.15, -0.1) is 0 Å². The smallest absolute Gasteiger partial charge is 0.313 e. The van der Waals surface area contributed by atoms with Crippen molar-refractivity contribution in [3.63, 3.8) is 0 Å². The minimum Gasteiger partial charge on any atom is -0.351 e. The highest BCUT2D eigenvalue weighted by molar-refractivity contribution is 6.42. The SMILES string of the molecule is [B]c1cc(C(C)C)ccc1NC(=O)C(=O)NC. The van der Waals surface area contributed by atoms with Crippen molar-refractivity contribution in [2.24, 2.45) is 0 Å². The fourth-order valence-electron chi connectivity index (χ4n) is 1.35. The molecule has 2 amide bonds. The molecular weight excluding hydrogens is 215 g/mol. The van der Waals surface area contributed by atoms with Crippen LogP contribution in [-0.4, -0.2) is 26.7 Å². The molecule has 0 saturated heterocycles. The zero-order valence-electron chi connectivity index (χ0n) is 10.2. The molecule has 1 aromatic carbocycles. The van der Waals surface area contributed by atoms with Gasteiger partial charge in [0.1, 0.15) is 7.85 Å². The Kier molecular flexibility index (Phi) is 4.32. The van der Waals surface area contributed by atoms with Gasteiger partial charge in [-0.3, -0.25) is 9.59 Å². The third-order valence-corrected chi connectivity index (χ3v) is 2.42. The van der Waals surface area contributed by atoms with Gasteiger partial charge in [0, 0.05) is 12.7 Å². The molecule has 2 radical (unpaired) electrons. The molecule has 0 atom stereocenters. The Morgan fingerprint density at radius 3 is 2.35 bits per heavy atom. The lowest BCUT2D eigenvalue weighted by atomic mass is 9.89. The summed E-state index contributed by atoms with van der Waals surface area (Å²) in [6, 6.07) is 5.37. The van der Waals surface area contributed by atoms with Gasteiger partial charge in [0.2, 0.25) is 0 Å². The summed E-state index contributed by atoms with van der Waals surface area (Å²) >= 11 is 0. The molecule has 1 rings (SSSR count). The molecule has 5 heteroatoms. The lowest BCUT2D eigenvalue weighted by Crippen LogP contribution is -2.34. The molecule has 0 aliphatic rings. The van der Waals surface area contributed by atoms with Gasteiger partial charge in [-0.05, 0) is 17.5 Å². The topological polar surface area (TPSA) is 58.2 Å². The number of carbonyl (C=O) groups is 2. The number of benzene rings is 1. The summed E-state index contributed by atoms with van der Waals surface area (Å²) in [4.78, 5) is 22.4. The molecule has 2 N–H and O–H groups in total. The van der Waals surface area contributed by atoms with Crippen molar-refractivity contribution in [2.75, 3.05) is 12.4 Å². The summed E-state index contributed by atoms with van der Waals surface area (Å²) in [5, 5.41) is 4.69. The number of nitrogens with one attached hydrogen (secondary N) is 2. The second-order valence-corrected chi connectivity index (χ2v) is 4.03. The fraction of sp³-hybridized carbons (Fsp3) is 0.333. The molecule has 0 aliphatic carbocycles. The number of anilines is 1. The van der Waals surface area contributed by atoms with Crippen molar-refractivity contribution in [2.45, 2.75) is 19.8 Å². The number of rotatable bonds is 2. The van der Waals surface area contributed by atoms with Crippen molar-refractivity contribution in [1.29, 1.82) is 0 Å². The van der Waals surface area contributed by atoms with E-state index in [0.29, 0.717) is 17.1 Å². The molecule has 0 heterocycles. The molecule has 0 unspecified atom stereocenters. The lowest BCUT2D eigenvalue weighted by molar-refractivity contribution is -0.135. The number of amides is 2. The van der Waals surface area contributed by atoms with E-state index in [9.17, 15) is 9.59 Å². The van der Waals surface area contributed by atoms with Crippen LogP contribution < -0.4 is 16.1 Å². The van der Waals surface area contributed by atoms with Crippen molar-refractivity contribution in [3.8, 4) is 0 Å². The molecule has 88 valence electrons. The Bertz CT molecular complexity index is 444. The van der Waals surface area contributed by atoms with Crippen LogP contribution in [0.5, 0.6) is 0 Å². The summed E-state index contributed by atoms with van der Waals surface area (Å²) in [6.07, 6.45) is 0. The van der Waals surface area contributed by atoms with Crippen LogP contribution in [0.15, 0.2) is 18.2 Å². The van der Waals surface area contributed by atoms with Gasteiger partial charge >= 0.3 is 11.8 Å². The first kappa shape index (κ1) is 13.3. The van der Waals surface area contributed by atoms with Crippen LogP contribution in [0.1, 0.15) is 25.3 Å². The van der Waals surface area contributed by atoms with Gasteiger partial charge in [-0.1, -0.05) is 31.4 Å². The Hall–Kier alpha value is -1.78. The van der Waals surface area contributed by atoms with E-state index >= 15 is 0 Å². The fourth-order valence-corrected chi connectivity index (χ4v) is 1.35. The summed E-state index contributed by atoms with van der Waals surface area (Å²) < 4.78 is 0. The summed E-state index contributed by atoms with van der Waals surface area (Å²) in [5.74, 6) is -1.06. The second-order valence-electron chi connectivity index (χ2n) is 4.03. The van der Waals surface area contributed by atoms with Crippen LogP contribution in [-0.2, 0) is 9.59 Å². The molecule has 4 nitrogen and oxygen atoms in total. The van der Waals surface area contributed by atoms with E-state index in [1.165, 1.54) is 7.05 Å². The molecule has 0 aliphatic heterocycles. The molecule has 1 aromatic rings. The van der Waals surface area contributed by atoms with Gasteiger partial charge in [0.15, 0.2) is 0 Å². The molecule has 0 saturated carbocycles. The van der Waals surface area contributed by atoms with E-state index in [1.807, 2.05) is 6.07 Å². The minimum atomic E-state index is -0.725. The maximum atomic E-state index is 11.3. The Morgan fingerprint density at radius 2 is 1.88 bits per heavy atom. The highest BCUT2D eigenvalue weighted by Crippen LogP contribution is 2.15. The average molecular weight is 230 g/mol. The van der Waals surface area contributed by atoms with Gasteiger partial charge in [0.05, 0.1) is 0 Å². The Balaban J connectivity index is 2.86. The molecule has 0 spiro atoms. The Morgan fingerprint density at radius 1 is 1.24 bits per heavy atom. The normalized spacial score (nSPS) is 10.1. The number of carbonyl (C=O) groups excluding carboxylic acids is 2. The van der Waals surface area contributed by atoms with E-state index in [0.717, 1.165) is 5.56 Å². The van der Waals surface area contributed by atoms with Crippen LogP contribution >= 0.6 is 0 Å². The van der Waals surface area contributed by atoms with Gasteiger partial charge in [0.25, 0.3) is 0 Å². The minimum absolute atomic E-state index is 0.362. The van der Waals surface area contributed by atoms with Crippen molar-refractivity contribution >= 4 is 30.8 Å². The van der Waals surface area contributed by atoms with E-state index in [2.05, 4.69) is 24.5 Å². The average Bonchev–Trinajstić information content (AvgIpc) is 2.30. The zero-order chi connectivity index (χ0) is 13.0. The predicted octanol–water partition coefficient (Wildman–Crippen LogP) is 0.288. The zero-order valence-corrected chi connectivity index (χ0v) is 10.2. The van der Waals surface area contributed by atoms with E-state index in [1.54, 1.807) is 12.1 Å². The maximum absolute atomic E-state index is 11.3. The van der Waals surface area contributed by atoms with Gasteiger partial charge < -0.3 is 10.6 Å². The molecule has 0 fully saturated rings. The Labute approximate surface area is 102 Å². The molecule has 0 bridgehead atoms. The van der Waals surface area contributed by atoms with Gasteiger partial charge in [-0.25, -0.2) is 0 Å². The predicted molar refractivity (Wildman–Crippen MR) is 68.6 cm³/mol. The first-order valence-electron chi connectivity index (χ1n) is 5.38. The number of hydrogen-bond donors (Lipinski definition) is 2. The lowest BCUT2D eigenvalue weighted by Gasteiger charge is -2.11. The standard InChI is InChI=1S/C12H15BN2O2/c1-7(2)8-4-5-10(9(13)6-8)15-12(17)11(16)14-3/h4-7H,1-3H3,(H,14,16)(H,15,17). The van der Waals surface area contributed by atoms with Crippen LogP contribution in [0.3, 0.4) is 0 Å². The number of likely N-dealkylation sites (N-methyl/N-ethyl adjacent to an activating group) is 1. The van der Waals surface area contributed by atoms with Crippen molar-refractivity contribution < 1.29 is 9.59 Å². The van der Waals surface area contributed by atoms with Crippen LogP contribution in [0.4, 0.5) is 5.69 Å². The first-order valence-corrected chi connectivity index (χ1v) is 5.38. The summed E-state index contributed by atoms with van der Waals surface area (Å²) in [6.45, 7) is 4.11. The largest absolute Gasteiger partial charge is 0.351 e. The summed E-state index contributed by atoms with van der Waals surface area (Å²) in [5.41, 5.74) is 1.98. The van der Waals surface area contributed by atoms with Crippen molar-refractivity contribution in [1.82, 2.24) is 5.32 Å².